The zero-order chi connectivity index (χ0) is 18.6. The molecule has 0 bridgehead atoms. The fraction of sp³-hybridized carbons (Fsp3) is 0.105. The van der Waals surface area contributed by atoms with Crippen LogP contribution < -0.4 is 9.57 Å². The van der Waals surface area contributed by atoms with Crippen molar-refractivity contribution in [3.63, 3.8) is 0 Å². The van der Waals surface area contributed by atoms with Crippen molar-refractivity contribution in [3.05, 3.63) is 70.7 Å². The van der Waals surface area contributed by atoms with Crippen LogP contribution in [-0.2, 0) is 10.0 Å². The molecule has 0 aromatic heterocycles. The number of sulfonamides is 1. The summed E-state index contributed by atoms with van der Waals surface area (Å²) in [6, 6.07) is 17.9. The number of nitrogens with one attached hydrogen (secondary N) is 1. The number of hydrogen-bond donors (Lipinski definition) is 1. The highest BCUT2D eigenvalue weighted by molar-refractivity contribution is 9.10. The van der Waals surface area contributed by atoms with Crippen molar-refractivity contribution in [2.75, 3.05) is 6.61 Å². The molecule has 5 nitrogen and oxygen atoms in total. The van der Waals surface area contributed by atoms with E-state index in [1.54, 1.807) is 12.1 Å². The van der Waals surface area contributed by atoms with Crippen molar-refractivity contribution < 1.29 is 13.2 Å². The van der Waals surface area contributed by atoms with E-state index in [4.69, 9.17) is 4.74 Å². The van der Waals surface area contributed by atoms with E-state index in [9.17, 15) is 8.42 Å². The number of fused-ring (bicyclic) bond motifs is 1. The lowest BCUT2D eigenvalue weighted by molar-refractivity contribution is 0.340. The SMILES string of the molecule is CCOc1ccc2ccccc2c1/C=N/NS(=O)(=O)c1ccc(Br)cc1. The van der Waals surface area contributed by atoms with E-state index < -0.39 is 10.0 Å². The minimum Gasteiger partial charge on any atom is -0.493 e. The molecule has 0 heterocycles. The van der Waals surface area contributed by atoms with Crippen LogP contribution in [0.3, 0.4) is 0 Å². The van der Waals surface area contributed by atoms with Crippen LogP contribution in [0.15, 0.2) is 75.1 Å². The van der Waals surface area contributed by atoms with Gasteiger partial charge in [-0.3, -0.25) is 0 Å². The van der Waals surface area contributed by atoms with Gasteiger partial charge in [0.25, 0.3) is 10.0 Å². The average molecular weight is 433 g/mol. The van der Waals surface area contributed by atoms with Gasteiger partial charge < -0.3 is 4.74 Å². The van der Waals surface area contributed by atoms with Crippen LogP contribution in [0.1, 0.15) is 12.5 Å². The molecule has 3 rings (SSSR count). The molecule has 0 saturated heterocycles. The fourth-order valence-corrected chi connectivity index (χ4v) is 3.57. The van der Waals surface area contributed by atoms with E-state index >= 15 is 0 Å². The summed E-state index contributed by atoms with van der Waals surface area (Å²) >= 11 is 3.28. The first-order chi connectivity index (χ1) is 12.5. The Morgan fingerprint density at radius 3 is 2.54 bits per heavy atom. The van der Waals surface area contributed by atoms with Gasteiger partial charge in [0.15, 0.2) is 0 Å². The van der Waals surface area contributed by atoms with E-state index in [1.165, 1.54) is 18.3 Å². The molecule has 3 aromatic rings. The molecule has 0 aliphatic carbocycles. The molecule has 134 valence electrons. The molecule has 0 atom stereocenters. The molecule has 0 unspecified atom stereocenters. The minimum absolute atomic E-state index is 0.140. The molecule has 0 aliphatic rings. The number of nitrogens with zero attached hydrogens (tertiary/aromatic N) is 1. The van der Waals surface area contributed by atoms with E-state index in [0.717, 1.165) is 20.8 Å². The third-order valence-electron chi connectivity index (χ3n) is 3.72. The first-order valence-electron chi connectivity index (χ1n) is 7.96. The smallest absolute Gasteiger partial charge is 0.276 e. The third kappa shape index (κ3) is 4.05. The summed E-state index contributed by atoms with van der Waals surface area (Å²) < 4.78 is 31.1. The summed E-state index contributed by atoms with van der Waals surface area (Å²) in [5, 5.41) is 5.91. The fourth-order valence-electron chi connectivity index (χ4n) is 2.52. The Morgan fingerprint density at radius 1 is 1.08 bits per heavy atom. The molecular formula is C19H17BrN2O3S. The molecule has 1 N–H and O–H groups in total. The van der Waals surface area contributed by atoms with Gasteiger partial charge in [-0.15, -0.1) is 0 Å². The Hall–Kier alpha value is -2.38. The van der Waals surface area contributed by atoms with Gasteiger partial charge in [-0.2, -0.15) is 13.5 Å². The summed E-state index contributed by atoms with van der Waals surface area (Å²) in [6.07, 6.45) is 1.48. The molecular weight excluding hydrogens is 416 g/mol. The number of rotatable bonds is 6. The lowest BCUT2D eigenvalue weighted by Gasteiger charge is -2.10. The van der Waals surface area contributed by atoms with Gasteiger partial charge in [-0.1, -0.05) is 46.3 Å². The molecule has 0 aliphatic heterocycles. The Balaban J connectivity index is 1.92. The first kappa shape index (κ1) is 18.4. The highest BCUT2D eigenvalue weighted by Gasteiger charge is 2.12. The highest BCUT2D eigenvalue weighted by atomic mass is 79.9. The van der Waals surface area contributed by atoms with Crippen LogP contribution in [0.25, 0.3) is 10.8 Å². The molecule has 26 heavy (non-hydrogen) atoms. The minimum atomic E-state index is -3.74. The lowest BCUT2D eigenvalue weighted by Crippen LogP contribution is -2.18. The molecule has 7 heteroatoms. The number of hydrazone groups is 1. The summed E-state index contributed by atoms with van der Waals surface area (Å²) in [6.45, 7) is 2.40. The third-order valence-corrected chi connectivity index (χ3v) is 5.49. The number of benzene rings is 3. The van der Waals surface area contributed by atoms with E-state index in [-0.39, 0.29) is 4.90 Å². The van der Waals surface area contributed by atoms with Gasteiger partial charge >= 0.3 is 0 Å². The summed E-state index contributed by atoms with van der Waals surface area (Å²) in [4.78, 5) is 2.39. The van der Waals surface area contributed by atoms with Crippen molar-refractivity contribution in [1.82, 2.24) is 4.83 Å². The monoisotopic (exact) mass is 432 g/mol. The Morgan fingerprint density at radius 2 is 1.81 bits per heavy atom. The van der Waals surface area contributed by atoms with E-state index in [2.05, 4.69) is 25.9 Å². The quantitative estimate of drug-likeness (QED) is 0.465. The van der Waals surface area contributed by atoms with Crippen molar-refractivity contribution in [3.8, 4) is 5.75 Å². The lowest BCUT2D eigenvalue weighted by atomic mass is 10.0. The summed E-state index contributed by atoms with van der Waals surface area (Å²) in [5.74, 6) is 0.651. The summed E-state index contributed by atoms with van der Waals surface area (Å²) in [7, 11) is -3.74. The van der Waals surface area contributed by atoms with E-state index in [0.29, 0.717) is 12.4 Å². The maximum atomic E-state index is 12.3. The molecule has 0 saturated carbocycles. The predicted molar refractivity (Wildman–Crippen MR) is 107 cm³/mol. The zero-order valence-corrected chi connectivity index (χ0v) is 16.4. The topological polar surface area (TPSA) is 67.8 Å². The maximum Gasteiger partial charge on any atom is 0.276 e. The Labute approximate surface area is 160 Å². The normalized spacial score (nSPS) is 11.8. The second-order valence-electron chi connectivity index (χ2n) is 5.44. The predicted octanol–water partition coefficient (Wildman–Crippen LogP) is 4.31. The van der Waals surface area contributed by atoms with Gasteiger partial charge in [0.05, 0.1) is 17.7 Å². The van der Waals surface area contributed by atoms with Gasteiger partial charge in [-0.25, -0.2) is 4.83 Å². The second-order valence-corrected chi connectivity index (χ2v) is 8.01. The van der Waals surface area contributed by atoms with Gasteiger partial charge in [0.1, 0.15) is 5.75 Å². The zero-order valence-electron chi connectivity index (χ0n) is 14.0. The molecule has 0 spiro atoms. The molecule has 0 radical (unpaired) electrons. The Bertz CT molecular complexity index is 1050. The Kier molecular flexibility index (Phi) is 5.58. The van der Waals surface area contributed by atoms with Crippen LogP contribution in [0.2, 0.25) is 0 Å². The van der Waals surface area contributed by atoms with Crippen LogP contribution in [-0.4, -0.2) is 21.2 Å². The van der Waals surface area contributed by atoms with Crippen molar-refractivity contribution in [1.29, 1.82) is 0 Å². The summed E-state index contributed by atoms with van der Waals surface area (Å²) in [5.41, 5.74) is 0.725. The second kappa shape index (κ2) is 7.88. The van der Waals surface area contributed by atoms with Crippen LogP contribution in [0, 0.1) is 0 Å². The van der Waals surface area contributed by atoms with Crippen LogP contribution in [0.4, 0.5) is 0 Å². The standard InChI is InChI=1S/C19H17BrN2O3S/c1-2-25-19-12-7-14-5-3-4-6-17(14)18(19)13-21-22-26(23,24)16-10-8-15(20)9-11-16/h3-13,22H,2H2,1H3/b21-13+. The number of ether oxygens (including phenoxy) is 1. The van der Waals surface area contributed by atoms with Crippen molar-refractivity contribution in [2.24, 2.45) is 5.10 Å². The largest absolute Gasteiger partial charge is 0.493 e. The van der Waals surface area contributed by atoms with Crippen molar-refractivity contribution >= 4 is 42.9 Å². The van der Waals surface area contributed by atoms with Crippen LogP contribution >= 0.6 is 15.9 Å². The van der Waals surface area contributed by atoms with Crippen LogP contribution in [0.5, 0.6) is 5.75 Å². The van der Waals surface area contributed by atoms with E-state index in [1.807, 2.05) is 43.3 Å². The first-order valence-corrected chi connectivity index (χ1v) is 10.2. The van der Waals surface area contributed by atoms with Gasteiger partial charge in [0, 0.05) is 10.0 Å². The maximum absolute atomic E-state index is 12.3. The molecule has 3 aromatic carbocycles. The number of halogens is 1. The number of hydrogen-bond acceptors (Lipinski definition) is 4. The average Bonchev–Trinajstić information content (AvgIpc) is 2.63. The van der Waals surface area contributed by atoms with Crippen molar-refractivity contribution in [2.45, 2.75) is 11.8 Å². The molecule has 0 fully saturated rings. The van der Waals surface area contributed by atoms with Gasteiger partial charge in [-0.05, 0) is 48.0 Å². The highest BCUT2D eigenvalue weighted by Crippen LogP contribution is 2.26. The molecule has 0 amide bonds. The van der Waals surface area contributed by atoms with Gasteiger partial charge in [0.2, 0.25) is 0 Å².